The van der Waals surface area contributed by atoms with Crippen LogP contribution in [0.15, 0.2) is 24.3 Å². The number of aromatic amines is 1. The second kappa shape index (κ2) is 4.18. The summed E-state index contributed by atoms with van der Waals surface area (Å²) in [4.78, 5) is 0. The number of anilines is 1. The highest BCUT2D eigenvalue weighted by Crippen LogP contribution is 2.15. The van der Waals surface area contributed by atoms with E-state index in [4.69, 9.17) is 5.73 Å². The van der Waals surface area contributed by atoms with Crippen LogP contribution < -0.4 is 5.73 Å². The Labute approximate surface area is 83.6 Å². The van der Waals surface area contributed by atoms with E-state index < -0.39 is 0 Å². The van der Waals surface area contributed by atoms with Gasteiger partial charge in [-0.25, -0.2) is 0 Å². The Morgan fingerprint density at radius 1 is 1.25 bits per heavy atom. The van der Waals surface area contributed by atoms with Gasteiger partial charge in [0, 0.05) is 5.39 Å². The zero-order chi connectivity index (χ0) is 6.97. The van der Waals surface area contributed by atoms with Crippen LogP contribution in [0.2, 0.25) is 0 Å². The van der Waals surface area contributed by atoms with E-state index in [1.165, 1.54) is 0 Å². The maximum Gasteiger partial charge on any atom is 1.00 e. The molecule has 2 aromatic rings. The van der Waals surface area contributed by atoms with Gasteiger partial charge < -0.3 is 5.73 Å². The second-order valence-electron chi connectivity index (χ2n) is 2.15. The normalized spacial score (nSPS) is 8.67. The lowest BCUT2D eigenvalue weighted by Crippen LogP contribution is -1.82. The zero-order valence-electron chi connectivity index (χ0n) is 7.15. The number of nitrogens with two attached hydrogens (primary N) is 1. The van der Waals surface area contributed by atoms with E-state index in [0.29, 0.717) is 5.82 Å². The average molecular weight is 207 g/mol. The summed E-state index contributed by atoms with van der Waals surface area (Å²) < 4.78 is 0. The first kappa shape index (κ1) is 11.1. The highest BCUT2D eigenvalue weighted by molar-refractivity contribution is 5.88. The summed E-state index contributed by atoms with van der Waals surface area (Å²) in [7, 11) is 0. The van der Waals surface area contributed by atoms with Crippen molar-refractivity contribution in [1.82, 2.24) is 10.2 Å². The molecule has 0 aliphatic carbocycles. The Bertz CT molecular complexity index is 363. The standard InChI is InChI=1S/C7H7N3.2ClH/c8-7-5-3-1-2-4-6(5)9-10-7;;/h1-4H,(H3,8,9,10);2*1H/p+1. The Balaban J connectivity index is 0. The Morgan fingerprint density at radius 2 is 1.92 bits per heavy atom. The fourth-order valence-electron chi connectivity index (χ4n) is 0.985. The number of benzene rings is 1. The van der Waals surface area contributed by atoms with E-state index in [0.717, 1.165) is 10.9 Å². The molecule has 0 fully saturated rings. The number of halogens is 2. The molecule has 0 atom stereocenters. The Kier molecular flexibility index (Phi) is 3.86. The van der Waals surface area contributed by atoms with Gasteiger partial charge in [0.1, 0.15) is 0 Å². The van der Waals surface area contributed by atoms with E-state index in [2.05, 4.69) is 10.2 Å². The number of nitrogens with one attached hydrogen (secondary N) is 1. The van der Waals surface area contributed by atoms with Gasteiger partial charge in [-0.2, -0.15) is 5.10 Å². The van der Waals surface area contributed by atoms with Crippen molar-refractivity contribution in [2.24, 2.45) is 0 Å². The molecule has 0 unspecified atom stereocenters. The van der Waals surface area contributed by atoms with Crippen molar-refractivity contribution in [3.05, 3.63) is 24.3 Å². The fourth-order valence-corrected chi connectivity index (χ4v) is 0.985. The van der Waals surface area contributed by atoms with Crippen LogP contribution in [-0.2, 0) is 0 Å². The van der Waals surface area contributed by atoms with Crippen LogP contribution in [0.3, 0.4) is 0 Å². The van der Waals surface area contributed by atoms with Gasteiger partial charge in [0.25, 0.3) is 0 Å². The number of nitrogen functional groups attached to an aromatic ring is 1. The molecule has 1 aromatic heterocycles. The first-order valence-electron chi connectivity index (χ1n) is 3.06. The summed E-state index contributed by atoms with van der Waals surface area (Å²) in [6.45, 7) is 0. The van der Waals surface area contributed by atoms with Crippen LogP contribution in [0.25, 0.3) is 10.9 Å². The van der Waals surface area contributed by atoms with Gasteiger partial charge >= 0.3 is 1.43 Å². The van der Waals surface area contributed by atoms with Gasteiger partial charge in [-0.15, -0.1) is 24.8 Å². The molecular weight excluding hydrogens is 197 g/mol. The van der Waals surface area contributed by atoms with E-state index >= 15 is 0 Å². The van der Waals surface area contributed by atoms with Crippen molar-refractivity contribution < 1.29 is 1.43 Å². The third kappa shape index (κ3) is 1.62. The van der Waals surface area contributed by atoms with E-state index in [1.807, 2.05) is 24.3 Å². The van der Waals surface area contributed by atoms with Crippen molar-refractivity contribution in [2.75, 3.05) is 5.73 Å². The van der Waals surface area contributed by atoms with Gasteiger partial charge in [0.15, 0.2) is 5.82 Å². The molecule has 5 heteroatoms. The number of hydrogen-bond donors (Lipinski definition) is 2. The van der Waals surface area contributed by atoms with Crippen LogP contribution >= 0.6 is 24.8 Å². The molecule has 0 radical (unpaired) electrons. The van der Waals surface area contributed by atoms with E-state index in [-0.39, 0.29) is 26.2 Å². The quantitative estimate of drug-likeness (QED) is 0.694. The SMILES string of the molecule is Cl.Cl.Nc1n[nH]c2ccccc12.[H+]. The largest absolute Gasteiger partial charge is 1.00 e. The van der Waals surface area contributed by atoms with E-state index in [9.17, 15) is 0 Å². The molecule has 2 rings (SSSR count). The van der Waals surface area contributed by atoms with Crippen LogP contribution in [0, 0.1) is 0 Å². The predicted molar refractivity (Wildman–Crippen MR) is 56.1 cm³/mol. The summed E-state index contributed by atoms with van der Waals surface area (Å²) in [5, 5.41) is 7.65. The molecule has 3 N–H and O–H groups in total. The number of hydrogen-bond acceptors (Lipinski definition) is 2. The highest BCUT2D eigenvalue weighted by atomic mass is 35.5. The number of fused-ring (bicyclic) bond motifs is 1. The molecule has 1 aromatic carbocycles. The molecule has 0 aliphatic rings. The van der Waals surface area contributed by atoms with Gasteiger partial charge in [-0.1, -0.05) is 12.1 Å². The summed E-state index contributed by atoms with van der Waals surface area (Å²) in [6.07, 6.45) is 0. The average Bonchev–Trinajstić information content (AvgIpc) is 2.34. The minimum Gasteiger partial charge on any atom is -0.382 e. The Hall–Kier alpha value is -0.930. The molecule has 0 aliphatic heterocycles. The van der Waals surface area contributed by atoms with Crippen molar-refractivity contribution in [3.63, 3.8) is 0 Å². The second-order valence-corrected chi connectivity index (χ2v) is 2.15. The van der Waals surface area contributed by atoms with Crippen molar-refractivity contribution in [1.29, 1.82) is 0 Å². The first-order valence-corrected chi connectivity index (χ1v) is 3.06. The molecule has 1 heterocycles. The molecule has 0 bridgehead atoms. The lowest BCUT2D eigenvalue weighted by atomic mass is 10.2. The summed E-state index contributed by atoms with van der Waals surface area (Å²) in [6, 6.07) is 7.76. The maximum absolute atomic E-state index is 5.53. The van der Waals surface area contributed by atoms with Crippen LogP contribution in [0.4, 0.5) is 5.82 Å². The number of H-pyrrole nitrogens is 1. The lowest BCUT2D eigenvalue weighted by Gasteiger charge is -1.84. The number of para-hydroxylation sites is 1. The summed E-state index contributed by atoms with van der Waals surface area (Å²) in [5.41, 5.74) is 6.52. The number of rotatable bonds is 0. The first-order chi connectivity index (χ1) is 4.88. The van der Waals surface area contributed by atoms with E-state index in [1.54, 1.807) is 0 Å². The van der Waals surface area contributed by atoms with Crippen molar-refractivity contribution in [3.8, 4) is 0 Å². The minimum absolute atomic E-state index is 0. The van der Waals surface area contributed by atoms with Crippen LogP contribution in [0.1, 0.15) is 1.43 Å². The third-order valence-corrected chi connectivity index (χ3v) is 1.50. The molecular formula is C7H10Cl2N3+. The fraction of sp³-hybridized carbons (Fsp3) is 0. The molecule has 66 valence electrons. The molecule has 0 saturated carbocycles. The van der Waals surface area contributed by atoms with Crippen LogP contribution in [0.5, 0.6) is 0 Å². The van der Waals surface area contributed by atoms with Crippen LogP contribution in [-0.4, -0.2) is 10.2 Å². The Morgan fingerprint density at radius 3 is 2.58 bits per heavy atom. The minimum atomic E-state index is 0. The summed E-state index contributed by atoms with van der Waals surface area (Å²) in [5.74, 6) is 0.565. The third-order valence-electron chi connectivity index (χ3n) is 1.50. The number of nitrogens with zero attached hydrogens (tertiary/aromatic N) is 1. The molecule has 0 spiro atoms. The van der Waals surface area contributed by atoms with Gasteiger partial charge in [0.2, 0.25) is 0 Å². The van der Waals surface area contributed by atoms with Crippen molar-refractivity contribution >= 4 is 41.5 Å². The monoisotopic (exact) mass is 206 g/mol. The zero-order valence-corrected chi connectivity index (χ0v) is 7.78. The summed E-state index contributed by atoms with van der Waals surface area (Å²) >= 11 is 0. The number of aromatic nitrogens is 2. The van der Waals surface area contributed by atoms with Gasteiger partial charge in [-0.3, -0.25) is 5.10 Å². The van der Waals surface area contributed by atoms with Gasteiger partial charge in [-0.05, 0) is 12.1 Å². The molecule has 0 saturated heterocycles. The smallest absolute Gasteiger partial charge is 0.382 e. The maximum atomic E-state index is 5.53. The highest BCUT2D eigenvalue weighted by Gasteiger charge is 1.97. The molecule has 0 amide bonds. The molecule has 12 heavy (non-hydrogen) atoms. The lowest BCUT2D eigenvalue weighted by molar-refractivity contribution is 1.13. The van der Waals surface area contributed by atoms with Gasteiger partial charge in [0.05, 0.1) is 5.52 Å². The molecule has 3 nitrogen and oxygen atoms in total. The predicted octanol–water partition coefficient (Wildman–Crippen LogP) is 2.10. The van der Waals surface area contributed by atoms with Crippen molar-refractivity contribution in [2.45, 2.75) is 0 Å². The topological polar surface area (TPSA) is 54.7 Å².